The molecule has 2 aliphatic rings. The van der Waals surface area contributed by atoms with Crippen LogP contribution < -0.4 is 0 Å². The highest BCUT2D eigenvalue weighted by atomic mass is 16.5. The molecule has 3 atom stereocenters. The number of allylic oxidation sites excluding steroid dienone is 2. The molecule has 0 aromatic carbocycles. The summed E-state index contributed by atoms with van der Waals surface area (Å²) in [5.74, 6) is 1.09. The van der Waals surface area contributed by atoms with Gasteiger partial charge in [-0.15, -0.1) is 0 Å². The topological polar surface area (TPSA) is 26.3 Å². The Morgan fingerprint density at radius 1 is 1.38 bits per heavy atom. The minimum atomic E-state index is -0.289. The molecule has 2 rings (SSSR count). The van der Waals surface area contributed by atoms with Crippen LogP contribution in [0.4, 0.5) is 0 Å². The van der Waals surface area contributed by atoms with E-state index < -0.39 is 0 Å². The Morgan fingerprint density at radius 3 is 2.67 bits per heavy atom. The summed E-state index contributed by atoms with van der Waals surface area (Å²) in [5, 5.41) is 0. The lowest BCUT2D eigenvalue weighted by atomic mass is 9.99. The van der Waals surface area contributed by atoms with E-state index in [1.807, 2.05) is 0 Å². The first kappa shape index (κ1) is 16.1. The predicted molar refractivity (Wildman–Crippen MR) is 86.8 cm³/mol. The van der Waals surface area contributed by atoms with Gasteiger partial charge in [-0.3, -0.25) is 0 Å². The normalized spacial score (nSPS) is 36.3. The van der Waals surface area contributed by atoms with Gasteiger partial charge in [-0.25, -0.2) is 4.79 Å². The number of carbonyl (C=O) groups excluding carboxylic acids is 1. The van der Waals surface area contributed by atoms with E-state index in [1.165, 1.54) is 17.6 Å². The number of carbonyl (C=O) groups is 1. The molecule has 2 nitrogen and oxygen atoms in total. The summed E-state index contributed by atoms with van der Waals surface area (Å²) in [4.78, 5) is 11.8. The monoisotopic (exact) mass is 288 g/mol. The van der Waals surface area contributed by atoms with Crippen molar-refractivity contribution in [2.45, 2.75) is 60.0 Å². The SMILES string of the molecule is C=C(C)C(=O)O[C@@H]1C/C=C(\C)CC[C@@H]2[C@@H](/C=C/1C)C2(C)C. The van der Waals surface area contributed by atoms with Gasteiger partial charge in [0.15, 0.2) is 0 Å². The van der Waals surface area contributed by atoms with Gasteiger partial charge in [0.25, 0.3) is 0 Å². The van der Waals surface area contributed by atoms with Crippen molar-refractivity contribution in [2.24, 2.45) is 17.3 Å². The molecule has 0 spiro atoms. The minimum absolute atomic E-state index is 0.153. The summed E-state index contributed by atoms with van der Waals surface area (Å²) in [6.45, 7) is 14.3. The van der Waals surface area contributed by atoms with E-state index in [9.17, 15) is 4.79 Å². The van der Waals surface area contributed by atoms with Gasteiger partial charge in [-0.1, -0.05) is 38.2 Å². The highest BCUT2D eigenvalue weighted by Crippen LogP contribution is 2.61. The largest absolute Gasteiger partial charge is 0.454 e. The van der Waals surface area contributed by atoms with Crippen LogP contribution in [-0.2, 0) is 9.53 Å². The van der Waals surface area contributed by atoms with E-state index >= 15 is 0 Å². The second-order valence-corrected chi connectivity index (χ2v) is 7.36. The molecule has 21 heavy (non-hydrogen) atoms. The maximum atomic E-state index is 11.8. The number of esters is 1. The first-order valence-corrected chi connectivity index (χ1v) is 7.94. The summed E-state index contributed by atoms with van der Waals surface area (Å²) < 4.78 is 5.63. The molecule has 0 aliphatic heterocycles. The molecule has 0 aromatic rings. The second kappa shape index (κ2) is 5.82. The minimum Gasteiger partial charge on any atom is -0.454 e. The molecule has 1 fully saturated rings. The quantitative estimate of drug-likeness (QED) is 0.413. The lowest BCUT2D eigenvalue weighted by molar-refractivity contribution is -0.142. The first-order chi connectivity index (χ1) is 9.73. The highest BCUT2D eigenvalue weighted by Gasteiger charge is 2.55. The van der Waals surface area contributed by atoms with Crippen LogP contribution in [0, 0.1) is 17.3 Å². The Morgan fingerprint density at radius 2 is 2.05 bits per heavy atom. The van der Waals surface area contributed by atoms with Gasteiger partial charge in [-0.05, 0) is 56.4 Å². The number of ether oxygens (including phenoxy) is 1. The Labute approximate surface area is 129 Å². The van der Waals surface area contributed by atoms with Gasteiger partial charge in [0.05, 0.1) is 0 Å². The van der Waals surface area contributed by atoms with Crippen molar-refractivity contribution in [3.63, 3.8) is 0 Å². The summed E-state index contributed by atoms with van der Waals surface area (Å²) in [6.07, 6.45) is 7.60. The molecule has 1 saturated carbocycles. The fourth-order valence-corrected chi connectivity index (χ4v) is 3.41. The molecule has 2 aliphatic carbocycles. The smallest absolute Gasteiger partial charge is 0.333 e. The molecule has 2 heteroatoms. The molecule has 0 aromatic heterocycles. The molecule has 0 amide bonds. The van der Waals surface area contributed by atoms with Crippen molar-refractivity contribution in [1.82, 2.24) is 0 Å². The number of hydrogen-bond donors (Lipinski definition) is 0. The zero-order valence-electron chi connectivity index (χ0n) is 14.0. The van der Waals surface area contributed by atoms with Crippen LogP contribution in [-0.4, -0.2) is 12.1 Å². The zero-order chi connectivity index (χ0) is 15.8. The lowest BCUT2D eigenvalue weighted by Gasteiger charge is -2.19. The summed E-state index contributed by atoms with van der Waals surface area (Å²) in [6, 6.07) is 0. The van der Waals surface area contributed by atoms with Crippen molar-refractivity contribution < 1.29 is 9.53 Å². The zero-order valence-corrected chi connectivity index (χ0v) is 14.0. The Bertz CT molecular complexity index is 508. The summed E-state index contributed by atoms with van der Waals surface area (Å²) >= 11 is 0. The van der Waals surface area contributed by atoms with Gasteiger partial charge >= 0.3 is 5.97 Å². The standard InChI is InChI=1S/C19H28O2/c1-12(2)18(20)21-17-10-8-13(3)7-9-15-16(11-14(17)4)19(15,5)6/h8,11,15-17H,1,7,9-10H2,2-6H3/b13-8+,14-11+/t15-,16-,17-/m1/s1. The van der Waals surface area contributed by atoms with Gasteiger partial charge in [0, 0.05) is 12.0 Å². The van der Waals surface area contributed by atoms with Crippen molar-refractivity contribution >= 4 is 5.97 Å². The van der Waals surface area contributed by atoms with Crippen LogP contribution in [0.1, 0.15) is 53.9 Å². The number of fused-ring (bicyclic) bond motifs is 1. The average Bonchev–Trinajstić information content (AvgIpc) is 2.91. The van der Waals surface area contributed by atoms with E-state index in [0.717, 1.165) is 18.8 Å². The number of rotatable bonds is 2. The molecule has 0 unspecified atom stereocenters. The van der Waals surface area contributed by atoms with Crippen LogP contribution in [0.3, 0.4) is 0 Å². The molecule has 0 saturated heterocycles. The van der Waals surface area contributed by atoms with Gasteiger partial charge in [-0.2, -0.15) is 0 Å². The van der Waals surface area contributed by atoms with Crippen LogP contribution in [0.25, 0.3) is 0 Å². The van der Waals surface area contributed by atoms with Gasteiger partial charge in [0.1, 0.15) is 6.10 Å². The average molecular weight is 288 g/mol. The van der Waals surface area contributed by atoms with Crippen molar-refractivity contribution in [3.05, 3.63) is 35.5 Å². The van der Waals surface area contributed by atoms with E-state index in [2.05, 4.69) is 46.4 Å². The molecule has 0 N–H and O–H groups in total. The van der Waals surface area contributed by atoms with Crippen molar-refractivity contribution in [3.8, 4) is 0 Å². The lowest BCUT2D eigenvalue weighted by Crippen LogP contribution is -2.20. The summed E-state index contributed by atoms with van der Waals surface area (Å²) in [7, 11) is 0. The molecule has 0 bridgehead atoms. The second-order valence-electron chi connectivity index (χ2n) is 7.36. The van der Waals surface area contributed by atoms with Crippen LogP contribution in [0.2, 0.25) is 0 Å². The fraction of sp³-hybridized carbons (Fsp3) is 0.632. The van der Waals surface area contributed by atoms with Gasteiger partial charge in [0.2, 0.25) is 0 Å². The maximum absolute atomic E-state index is 11.8. The molecule has 0 radical (unpaired) electrons. The Kier molecular flexibility index (Phi) is 4.46. The van der Waals surface area contributed by atoms with E-state index in [-0.39, 0.29) is 12.1 Å². The van der Waals surface area contributed by atoms with E-state index in [1.54, 1.807) is 6.92 Å². The van der Waals surface area contributed by atoms with Crippen LogP contribution in [0.15, 0.2) is 35.5 Å². The van der Waals surface area contributed by atoms with Gasteiger partial charge < -0.3 is 4.74 Å². The molecule has 116 valence electrons. The van der Waals surface area contributed by atoms with E-state index in [4.69, 9.17) is 4.74 Å². The predicted octanol–water partition coefficient (Wildman–Crippen LogP) is 4.82. The van der Waals surface area contributed by atoms with Crippen molar-refractivity contribution in [2.75, 3.05) is 0 Å². The Hall–Kier alpha value is -1.31. The van der Waals surface area contributed by atoms with Crippen LogP contribution in [0.5, 0.6) is 0 Å². The van der Waals surface area contributed by atoms with Crippen molar-refractivity contribution in [1.29, 1.82) is 0 Å². The molecular weight excluding hydrogens is 260 g/mol. The third-order valence-electron chi connectivity index (χ3n) is 5.22. The van der Waals surface area contributed by atoms with E-state index in [0.29, 0.717) is 16.9 Å². The maximum Gasteiger partial charge on any atom is 0.333 e. The molecule has 0 heterocycles. The highest BCUT2D eigenvalue weighted by molar-refractivity contribution is 5.87. The third-order valence-corrected chi connectivity index (χ3v) is 5.22. The fourth-order valence-electron chi connectivity index (χ4n) is 3.41. The number of hydrogen-bond acceptors (Lipinski definition) is 2. The Balaban J connectivity index is 2.22. The van der Waals surface area contributed by atoms with Crippen LogP contribution >= 0.6 is 0 Å². The molecular formula is C19H28O2. The third kappa shape index (κ3) is 3.48. The first-order valence-electron chi connectivity index (χ1n) is 7.94. The summed E-state index contributed by atoms with van der Waals surface area (Å²) in [5.41, 5.74) is 3.43.